The Bertz CT molecular complexity index is 95.8. The van der Waals surface area contributed by atoms with Gasteiger partial charge in [-0.05, 0) is 12.8 Å². The Hall–Kier alpha value is -0.110. The standard InChI is InChI=1S/C7H13FO.C3H8/c1-9-7-5-3-2-4-6(7)8;1-3-2/h6-7H,2-5H2,1H3;3H2,1-2H3. The summed E-state index contributed by atoms with van der Waals surface area (Å²) in [5, 5.41) is 0. The van der Waals surface area contributed by atoms with Crippen molar-refractivity contribution in [1.82, 2.24) is 0 Å². The van der Waals surface area contributed by atoms with E-state index < -0.39 is 6.17 Å². The SMILES string of the molecule is CCC.COC1CCCCC1F. The summed E-state index contributed by atoms with van der Waals surface area (Å²) in [4.78, 5) is 0. The predicted octanol–water partition coefficient (Wildman–Crippen LogP) is 3.33. The molecule has 0 aromatic heterocycles. The zero-order valence-corrected chi connectivity index (χ0v) is 8.48. The van der Waals surface area contributed by atoms with Crippen LogP contribution in [-0.2, 0) is 4.74 Å². The van der Waals surface area contributed by atoms with E-state index in [2.05, 4.69) is 13.8 Å². The molecule has 1 aliphatic rings. The van der Waals surface area contributed by atoms with E-state index in [0.717, 1.165) is 19.3 Å². The molecule has 0 aromatic rings. The number of hydrogen-bond acceptors (Lipinski definition) is 1. The minimum Gasteiger partial charge on any atom is -0.378 e. The van der Waals surface area contributed by atoms with Gasteiger partial charge in [0.15, 0.2) is 0 Å². The maximum Gasteiger partial charge on any atom is 0.126 e. The fourth-order valence-electron chi connectivity index (χ4n) is 1.32. The molecule has 2 unspecified atom stereocenters. The van der Waals surface area contributed by atoms with Crippen molar-refractivity contribution in [2.24, 2.45) is 0 Å². The molecule has 0 aliphatic heterocycles. The average molecular weight is 176 g/mol. The highest BCUT2D eigenvalue weighted by atomic mass is 19.1. The molecule has 1 saturated carbocycles. The molecular weight excluding hydrogens is 155 g/mol. The van der Waals surface area contributed by atoms with Gasteiger partial charge in [0, 0.05) is 7.11 Å². The molecule has 74 valence electrons. The molecule has 2 atom stereocenters. The van der Waals surface area contributed by atoms with Gasteiger partial charge in [-0.2, -0.15) is 0 Å². The van der Waals surface area contributed by atoms with Crippen molar-refractivity contribution in [3.8, 4) is 0 Å². The number of ether oxygens (including phenoxy) is 1. The van der Waals surface area contributed by atoms with Crippen molar-refractivity contribution in [3.05, 3.63) is 0 Å². The van der Waals surface area contributed by atoms with Crippen LogP contribution in [0.3, 0.4) is 0 Å². The van der Waals surface area contributed by atoms with Crippen LogP contribution in [0.4, 0.5) is 4.39 Å². The van der Waals surface area contributed by atoms with Gasteiger partial charge in [0.2, 0.25) is 0 Å². The first-order valence-electron chi connectivity index (χ1n) is 4.93. The second-order valence-electron chi connectivity index (χ2n) is 3.28. The molecule has 0 saturated heterocycles. The maximum absolute atomic E-state index is 12.7. The summed E-state index contributed by atoms with van der Waals surface area (Å²) in [6.07, 6.45) is 4.18. The van der Waals surface area contributed by atoms with Gasteiger partial charge in [0.1, 0.15) is 6.17 Å². The molecule has 0 bridgehead atoms. The van der Waals surface area contributed by atoms with Crippen LogP contribution in [0.2, 0.25) is 0 Å². The largest absolute Gasteiger partial charge is 0.378 e. The Morgan fingerprint density at radius 1 is 1.25 bits per heavy atom. The third kappa shape index (κ3) is 4.70. The van der Waals surface area contributed by atoms with Gasteiger partial charge in [-0.25, -0.2) is 4.39 Å². The molecule has 0 radical (unpaired) electrons. The number of halogens is 1. The minimum absolute atomic E-state index is 0.112. The Labute approximate surface area is 75.3 Å². The molecule has 0 spiro atoms. The van der Waals surface area contributed by atoms with Crippen LogP contribution in [-0.4, -0.2) is 19.4 Å². The lowest BCUT2D eigenvalue weighted by Gasteiger charge is -2.23. The summed E-state index contributed by atoms with van der Waals surface area (Å²) in [6.45, 7) is 4.25. The van der Waals surface area contributed by atoms with E-state index in [0.29, 0.717) is 6.42 Å². The number of alkyl halides is 1. The first-order chi connectivity index (χ1) is 5.76. The highest BCUT2D eigenvalue weighted by molar-refractivity contribution is 4.74. The van der Waals surface area contributed by atoms with Crippen molar-refractivity contribution in [2.75, 3.05) is 7.11 Å². The van der Waals surface area contributed by atoms with Gasteiger partial charge in [-0.15, -0.1) is 0 Å². The van der Waals surface area contributed by atoms with E-state index >= 15 is 0 Å². The zero-order valence-electron chi connectivity index (χ0n) is 8.48. The summed E-state index contributed by atoms with van der Waals surface area (Å²) in [6, 6.07) is 0. The van der Waals surface area contributed by atoms with Crippen LogP contribution in [0.25, 0.3) is 0 Å². The second kappa shape index (κ2) is 7.53. The first kappa shape index (κ1) is 11.9. The van der Waals surface area contributed by atoms with Crippen LogP contribution in [0.15, 0.2) is 0 Å². The molecule has 1 fully saturated rings. The highest BCUT2D eigenvalue weighted by Crippen LogP contribution is 2.22. The van der Waals surface area contributed by atoms with Crippen LogP contribution < -0.4 is 0 Å². The number of hydrogen-bond donors (Lipinski definition) is 0. The van der Waals surface area contributed by atoms with Gasteiger partial charge in [0.05, 0.1) is 6.10 Å². The van der Waals surface area contributed by atoms with Crippen molar-refractivity contribution >= 4 is 0 Å². The molecule has 0 aromatic carbocycles. The quantitative estimate of drug-likeness (QED) is 0.595. The third-order valence-corrected chi connectivity index (χ3v) is 1.92. The molecule has 1 nitrogen and oxygen atoms in total. The van der Waals surface area contributed by atoms with Gasteiger partial charge in [-0.1, -0.05) is 33.1 Å². The molecule has 1 rings (SSSR count). The smallest absolute Gasteiger partial charge is 0.126 e. The minimum atomic E-state index is -0.705. The van der Waals surface area contributed by atoms with Crippen LogP contribution in [0.5, 0.6) is 0 Å². The maximum atomic E-state index is 12.7. The molecule has 0 heterocycles. The Morgan fingerprint density at radius 3 is 2.08 bits per heavy atom. The Morgan fingerprint density at radius 2 is 1.75 bits per heavy atom. The summed E-state index contributed by atoms with van der Waals surface area (Å²) in [5.74, 6) is 0. The van der Waals surface area contributed by atoms with E-state index in [1.54, 1.807) is 7.11 Å². The fraction of sp³-hybridized carbons (Fsp3) is 1.00. The van der Waals surface area contributed by atoms with E-state index in [1.165, 1.54) is 6.42 Å². The van der Waals surface area contributed by atoms with Crippen LogP contribution >= 0.6 is 0 Å². The Kier molecular flexibility index (Phi) is 7.47. The van der Waals surface area contributed by atoms with Crippen LogP contribution in [0, 0.1) is 0 Å². The lowest BCUT2D eigenvalue weighted by molar-refractivity contribution is 0.00586. The lowest BCUT2D eigenvalue weighted by Crippen LogP contribution is -2.27. The van der Waals surface area contributed by atoms with Gasteiger partial charge < -0.3 is 4.74 Å². The first-order valence-corrected chi connectivity index (χ1v) is 4.93. The van der Waals surface area contributed by atoms with Crippen molar-refractivity contribution in [2.45, 2.75) is 58.2 Å². The Balaban J connectivity index is 0.000000354. The van der Waals surface area contributed by atoms with Crippen LogP contribution in [0.1, 0.15) is 46.0 Å². The van der Waals surface area contributed by atoms with E-state index in [1.807, 2.05) is 0 Å². The van der Waals surface area contributed by atoms with Gasteiger partial charge >= 0.3 is 0 Å². The summed E-state index contributed by atoms with van der Waals surface area (Å²) < 4.78 is 17.7. The number of rotatable bonds is 1. The topological polar surface area (TPSA) is 9.23 Å². The predicted molar refractivity (Wildman–Crippen MR) is 50.1 cm³/mol. The van der Waals surface area contributed by atoms with E-state index in [-0.39, 0.29) is 6.10 Å². The molecule has 1 aliphatic carbocycles. The second-order valence-corrected chi connectivity index (χ2v) is 3.28. The molecular formula is C10H21FO. The normalized spacial score (nSPS) is 29.0. The third-order valence-electron chi connectivity index (χ3n) is 1.92. The monoisotopic (exact) mass is 176 g/mol. The van der Waals surface area contributed by atoms with Crippen molar-refractivity contribution in [3.63, 3.8) is 0 Å². The fourth-order valence-corrected chi connectivity index (χ4v) is 1.32. The zero-order chi connectivity index (χ0) is 9.40. The number of methoxy groups -OCH3 is 1. The average Bonchev–Trinajstić information content (AvgIpc) is 2.07. The molecule has 2 heteroatoms. The van der Waals surface area contributed by atoms with E-state index in [9.17, 15) is 4.39 Å². The lowest BCUT2D eigenvalue weighted by atomic mass is 9.96. The van der Waals surface area contributed by atoms with Crippen molar-refractivity contribution < 1.29 is 9.13 Å². The molecule has 12 heavy (non-hydrogen) atoms. The summed E-state index contributed by atoms with van der Waals surface area (Å²) in [5.41, 5.74) is 0. The van der Waals surface area contributed by atoms with E-state index in [4.69, 9.17) is 4.74 Å². The summed E-state index contributed by atoms with van der Waals surface area (Å²) >= 11 is 0. The molecule has 0 amide bonds. The van der Waals surface area contributed by atoms with Gasteiger partial charge in [-0.3, -0.25) is 0 Å². The van der Waals surface area contributed by atoms with Gasteiger partial charge in [0.25, 0.3) is 0 Å². The highest BCUT2D eigenvalue weighted by Gasteiger charge is 2.23. The summed E-state index contributed by atoms with van der Waals surface area (Å²) in [7, 11) is 1.59. The molecule has 0 N–H and O–H groups in total. The van der Waals surface area contributed by atoms with Crippen molar-refractivity contribution in [1.29, 1.82) is 0 Å².